The van der Waals surface area contributed by atoms with Gasteiger partial charge in [0.05, 0.1) is 37.1 Å². The van der Waals surface area contributed by atoms with E-state index in [1.54, 1.807) is 32.4 Å². The molecule has 2 aromatic heterocycles. The number of aryl methyl sites for hydroxylation is 1. The highest BCUT2D eigenvalue weighted by Gasteiger charge is 2.25. The van der Waals surface area contributed by atoms with E-state index in [2.05, 4.69) is 34.6 Å². The Bertz CT molecular complexity index is 1330. The molecule has 0 radical (unpaired) electrons. The second-order valence-electron chi connectivity index (χ2n) is 7.90. The summed E-state index contributed by atoms with van der Waals surface area (Å²) in [4.78, 5) is 17.5. The van der Waals surface area contributed by atoms with Crippen LogP contribution in [-0.4, -0.2) is 45.6 Å². The second kappa shape index (κ2) is 10.2. The standard InChI is InChI=1S/C24H28N6O3S/c1-5-15-8-6-7-9-18(15)30-22(25)21-14(2)28-29-23(21)27-24(30)34-13-20(31)26-17-11-10-16(32-3)12-19(17)33-4/h6-12,15,18,25H,5,13H2,1-4H3,(H,26,31)(H,28,29). The first-order valence-corrected chi connectivity index (χ1v) is 12.0. The van der Waals surface area contributed by atoms with E-state index in [1.807, 2.05) is 23.6 Å². The number of hydrogen-bond acceptors (Lipinski definition) is 7. The number of fused-ring (bicyclic) bond motifs is 1. The molecule has 0 spiro atoms. The number of hydrogen-bond donors (Lipinski definition) is 3. The summed E-state index contributed by atoms with van der Waals surface area (Å²) in [6.07, 6.45) is 9.18. The van der Waals surface area contributed by atoms with Gasteiger partial charge in [-0.2, -0.15) is 5.10 Å². The van der Waals surface area contributed by atoms with Crippen LogP contribution in [0.2, 0.25) is 0 Å². The fourth-order valence-corrected chi connectivity index (χ4v) is 4.87. The number of nitrogens with one attached hydrogen (secondary N) is 3. The number of aromatic nitrogens is 4. The van der Waals surface area contributed by atoms with Gasteiger partial charge in [0.25, 0.3) is 0 Å². The van der Waals surface area contributed by atoms with Gasteiger partial charge in [0, 0.05) is 17.7 Å². The number of methoxy groups -OCH3 is 2. The third kappa shape index (κ3) is 4.58. The SMILES string of the molecule is CCC1C=CC=CC1n1c(SCC(=O)Nc2ccc(OC)cc2OC)nc2n[nH]c(C)c2c1=N. The van der Waals surface area contributed by atoms with Crippen molar-refractivity contribution in [1.29, 1.82) is 5.41 Å². The number of amides is 1. The minimum atomic E-state index is -0.210. The Balaban J connectivity index is 1.63. The Morgan fingerprint density at radius 1 is 1.26 bits per heavy atom. The van der Waals surface area contributed by atoms with E-state index in [1.165, 1.54) is 11.8 Å². The number of anilines is 1. The number of allylic oxidation sites excluding steroid dienone is 4. The van der Waals surface area contributed by atoms with Gasteiger partial charge in [-0.05, 0) is 25.5 Å². The zero-order valence-corrected chi connectivity index (χ0v) is 20.4. The zero-order valence-electron chi connectivity index (χ0n) is 19.6. The van der Waals surface area contributed by atoms with E-state index >= 15 is 0 Å². The van der Waals surface area contributed by atoms with Crippen molar-refractivity contribution in [2.24, 2.45) is 5.92 Å². The van der Waals surface area contributed by atoms with Gasteiger partial charge >= 0.3 is 0 Å². The van der Waals surface area contributed by atoms with E-state index in [0.717, 1.165) is 12.1 Å². The molecule has 0 saturated carbocycles. The summed E-state index contributed by atoms with van der Waals surface area (Å²) in [6.45, 7) is 4.01. The maximum Gasteiger partial charge on any atom is 0.234 e. The molecule has 2 atom stereocenters. The van der Waals surface area contributed by atoms with Crippen molar-refractivity contribution in [3.63, 3.8) is 0 Å². The first kappa shape index (κ1) is 23.6. The summed E-state index contributed by atoms with van der Waals surface area (Å²) in [5.74, 6) is 1.28. The number of carbonyl (C=O) groups excluding carboxylic acids is 1. The first-order valence-electron chi connectivity index (χ1n) is 11.0. The highest BCUT2D eigenvalue weighted by Crippen LogP contribution is 2.32. The molecule has 9 nitrogen and oxygen atoms in total. The quantitative estimate of drug-likeness (QED) is 0.331. The Morgan fingerprint density at radius 3 is 2.79 bits per heavy atom. The van der Waals surface area contributed by atoms with Gasteiger partial charge in [-0.15, -0.1) is 0 Å². The molecule has 2 unspecified atom stereocenters. The highest BCUT2D eigenvalue weighted by atomic mass is 32.2. The fourth-order valence-electron chi connectivity index (χ4n) is 4.03. The summed E-state index contributed by atoms with van der Waals surface area (Å²) in [7, 11) is 3.11. The van der Waals surface area contributed by atoms with Crippen molar-refractivity contribution in [2.45, 2.75) is 31.5 Å². The number of thioether (sulfide) groups is 1. The smallest absolute Gasteiger partial charge is 0.234 e. The maximum atomic E-state index is 12.8. The Kier molecular flexibility index (Phi) is 7.06. The summed E-state index contributed by atoms with van der Waals surface area (Å²) in [6, 6.07) is 5.14. The predicted octanol–water partition coefficient (Wildman–Crippen LogP) is 3.99. The normalized spacial score (nSPS) is 17.2. The maximum absolute atomic E-state index is 12.8. The summed E-state index contributed by atoms with van der Waals surface area (Å²) < 4.78 is 12.5. The van der Waals surface area contributed by atoms with Crippen LogP contribution in [0.1, 0.15) is 25.1 Å². The van der Waals surface area contributed by atoms with Crippen molar-refractivity contribution < 1.29 is 14.3 Å². The topological polar surface area (TPSA) is 118 Å². The van der Waals surface area contributed by atoms with E-state index < -0.39 is 0 Å². The molecule has 3 N–H and O–H groups in total. The van der Waals surface area contributed by atoms with Crippen molar-refractivity contribution in [3.8, 4) is 11.5 Å². The molecule has 0 aliphatic heterocycles. The van der Waals surface area contributed by atoms with Gasteiger partial charge in [0.1, 0.15) is 17.0 Å². The van der Waals surface area contributed by atoms with Gasteiger partial charge in [-0.3, -0.25) is 19.9 Å². The molecule has 0 bridgehead atoms. The minimum absolute atomic E-state index is 0.0686. The monoisotopic (exact) mass is 480 g/mol. The number of H-pyrrole nitrogens is 1. The largest absolute Gasteiger partial charge is 0.497 e. The lowest BCUT2D eigenvalue weighted by Gasteiger charge is -2.27. The molecule has 1 aliphatic carbocycles. The van der Waals surface area contributed by atoms with Crippen LogP contribution in [0.3, 0.4) is 0 Å². The average molecular weight is 481 g/mol. The summed E-state index contributed by atoms with van der Waals surface area (Å²) in [5, 5.41) is 20.3. The van der Waals surface area contributed by atoms with Crippen LogP contribution in [0.25, 0.3) is 11.0 Å². The molecule has 1 aromatic carbocycles. The molecule has 1 aliphatic rings. The second-order valence-corrected chi connectivity index (χ2v) is 8.84. The number of ether oxygens (including phenoxy) is 2. The van der Waals surface area contributed by atoms with Gasteiger partial charge in [-0.25, -0.2) is 4.98 Å². The fraction of sp³-hybridized carbons (Fsp3) is 0.333. The highest BCUT2D eigenvalue weighted by molar-refractivity contribution is 7.99. The Labute approximate surface area is 201 Å². The summed E-state index contributed by atoms with van der Waals surface area (Å²) in [5.41, 5.74) is 2.16. The number of rotatable bonds is 8. The molecular weight excluding hydrogens is 452 g/mol. The van der Waals surface area contributed by atoms with E-state index in [9.17, 15) is 4.79 Å². The number of aromatic amines is 1. The van der Waals surface area contributed by atoms with E-state index in [4.69, 9.17) is 19.9 Å². The molecule has 3 aromatic rings. The van der Waals surface area contributed by atoms with Crippen LogP contribution in [0.4, 0.5) is 5.69 Å². The third-order valence-corrected chi connectivity index (χ3v) is 6.77. The van der Waals surface area contributed by atoms with Crippen LogP contribution >= 0.6 is 11.8 Å². The van der Waals surface area contributed by atoms with E-state index in [0.29, 0.717) is 38.9 Å². The lowest BCUT2D eigenvalue weighted by Crippen LogP contribution is -2.31. The molecule has 10 heteroatoms. The van der Waals surface area contributed by atoms with Crippen molar-refractivity contribution >= 4 is 34.4 Å². The average Bonchev–Trinajstić information content (AvgIpc) is 3.23. The van der Waals surface area contributed by atoms with Crippen LogP contribution in [0.5, 0.6) is 11.5 Å². The van der Waals surface area contributed by atoms with Crippen LogP contribution < -0.4 is 20.3 Å². The van der Waals surface area contributed by atoms with Crippen molar-refractivity contribution in [3.05, 3.63) is 53.7 Å². The lowest BCUT2D eigenvalue weighted by atomic mass is 9.92. The Morgan fingerprint density at radius 2 is 2.06 bits per heavy atom. The predicted molar refractivity (Wildman–Crippen MR) is 132 cm³/mol. The number of benzene rings is 1. The molecule has 0 fully saturated rings. The van der Waals surface area contributed by atoms with Crippen LogP contribution in [0.15, 0.2) is 47.7 Å². The molecule has 0 saturated heterocycles. The molecule has 4 rings (SSSR count). The van der Waals surface area contributed by atoms with Crippen molar-refractivity contribution in [2.75, 3.05) is 25.3 Å². The minimum Gasteiger partial charge on any atom is -0.497 e. The molecule has 178 valence electrons. The lowest BCUT2D eigenvalue weighted by molar-refractivity contribution is -0.113. The Hall–Kier alpha value is -3.53. The molecule has 1 amide bonds. The van der Waals surface area contributed by atoms with Gasteiger partial charge in [0.2, 0.25) is 5.91 Å². The van der Waals surface area contributed by atoms with E-state index in [-0.39, 0.29) is 23.6 Å². The van der Waals surface area contributed by atoms with Gasteiger partial charge in [-0.1, -0.05) is 43.0 Å². The molecule has 34 heavy (non-hydrogen) atoms. The summed E-state index contributed by atoms with van der Waals surface area (Å²) >= 11 is 1.28. The number of nitrogens with zero attached hydrogens (tertiary/aromatic N) is 3. The molecule has 2 heterocycles. The first-order chi connectivity index (χ1) is 16.5. The molecular formula is C24H28N6O3S. The van der Waals surface area contributed by atoms with Crippen LogP contribution in [-0.2, 0) is 4.79 Å². The van der Waals surface area contributed by atoms with Crippen molar-refractivity contribution in [1.82, 2.24) is 19.7 Å². The third-order valence-electron chi connectivity index (χ3n) is 5.81. The van der Waals surface area contributed by atoms with Gasteiger partial charge < -0.3 is 14.8 Å². The van der Waals surface area contributed by atoms with Gasteiger partial charge in [0.15, 0.2) is 10.8 Å². The van der Waals surface area contributed by atoms with Crippen LogP contribution in [0, 0.1) is 18.3 Å². The zero-order chi connectivity index (χ0) is 24.2. The number of carbonyl (C=O) groups is 1.